The maximum Gasteiger partial charge on any atom is 0.329 e. The fourth-order valence-corrected chi connectivity index (χ4v) is 10.3. The fourth-order valence-electron chi connectivity index (χ4n) is 10.3. The average molecular weight is 887 g/mol. The number of hydrogen-bond acceptors (Lipinski definition) is 14. The molecule has 7 heterocycles. The maximum atomic E-state index is 13.8. The average Bonchev–Trinajstić information content (AvgIpc) is 3.99. The smallest absolute Gasteiger partial charge is 0.329 e. The van der Waals surface area contributed by atoms with Crippen molar-refractivity contribution in [3.05, 3.63) is 64.3 Å². The number of nitrogens with zero attached hydrogens (tertiary/aromatic N) is 6. The summed E-state index contributed by atoms with van der Waals surface area (Å²) >= 11 is 0. The molecule has 342 valence electrons. The molecule has 6 fully saturated rings. The van der Waals surface area contributed by atoms with Crippen LogP contribution in [0.25, 0.3) is 11.0 Å². The van der Waals surface area contributed by atoms with E-state index in [9.17, 15) is 28.0 Å². The number of halogens is 2. The molecule has 1 aromatic heterocycles. The number of piperidine rings is 2. The number of rotatable bonds is 13. The number of nitrogens with one attached hydrogen (secondary N) is 6. The van der Waals surface area contributed by atoms with Crippen LogP contribution < -0.4 is 31.9 Å². The number of para-hydroxylation sites is 1. The van der Waals surface area contributed by atoms with Crippen LogP contribution in [0.1, 0.15) is 63.8 Å². The monoisotopic (exact) mass is 886 g/mol. The number of aryl methyl sites for hydroxylation is 1. The Morgan fingerprint density at radius 1 is 1.06 bits per heavy atom. The third-order valence-electron chi connectivity index (χ3n) is 13.8. The van der Waals surface area contributed by atoms with E-state index in [-0.39, 0.29) is 71.9 Å². The minimum absolute atomic E-state index is 0.00505. The first kappa shape index (κ1) is 43.5. The number of aromatic nitrogens is 2. The molecule has 1 aromatic carbocycles. The molecule has 1 aliphatic carbocycles. The van der Waals surface area contributed by atoms with E-state index in [1.165, 1.54) is 10.8 Å². The summed E-state index contributed by atoms with van der Waals surface area (Å²) < 4.78 is 43.0. The molecule has 2 bridgehead atoms. The van der Waals surface area contributed by atoms with Gasteiger partial charge in [0.1, 0.15) is 23.4 Å². The van der Waals surface area contributed by atoms with Gasteiger partial charge in [0.25, 0.3) is 12.3 Å². The summed E-state index contributed by atoms with van der Waals surface area (Å²) in [5, 5.41) is 26.9. The molecule has 2 aromatic rings. The van der Waals surface area contributed by atoms with Crippen molar-refractivity contribution < 1.29 is 32.6 Å². The number of hydrogen-bond donors (Lipinski definition) is 6. The highest BCUT2D eigenvalue weighted by Crippen LogP contribution is 2.34. The van der Waals surface area contributed by atoms with E-state index < -0.39 is 30.0 Å². The second-order valence-corrected chi connectivity index (χ2v) is 17.9. The van der Waals surface area contributed by atoms with E-state index >= 15 is 0 Å². The molecule has 7 aliphatic rings. The predicted molar refractivity (Wildman–Crippen MR) is 234 cm³/mol. The molecule has 6 aliphatic heterocycles. The van der Waals surface area contributed by atoms with Gasteiger partial charge < -0.3 is 45.5 Å². The minimum atomic E-state index is -3.11. The third kappa shape index (κ3) is 8.86. The first-order valence-corrected chi connectivity index (χ1v) is 22.4. The van der Waals surface area contributed by atoms with Crippen molar-refractivity contribution in [2.75, 3.05) is 50.8 Å². The number of amides is 3. The van der Waals surface area contributed by atoms with Gasteiger partial charge in [0.2, 0.25) is 11.8 Å². The highest BCUT2D eigenvalue weighted by molar-refractivity contribution is 6.15. The van der Waals surface area contributed by atoms with Gasteiger partial charge in [0.15, 0.2) is 0 Å². The molecule has 5 saturated heterocycles. The summed E-state index contributed by atoms with van der Waals surface area (Å²) in [6, 6.07) is 5.18. The molecule has 1 unspecified atom stereocenters. The topological polar surface area (TPSA) is 214 Å². The van der Waals surface area contributed by atoms with Gasteiger partial charge in [0, 0.05) is 77.4 Å². The molecule has 1 saturated carbocycles. The number of ether oxygens (including phenoxy) is 2. The fraction of sp³-hybridized carbons (Fsp3) is 0.568. The van der Waals surface area contributed by atoms with Crippen LogP contribution in [0.2, 0.25) is 0 Å². The number of carbonyl (C=O) groups is 3. The third-order valence-corrected chi connectivity index (χ3v) is 13.8. The van der Waals surface area contributed by atoms with Crippen LogP contribution in [0.3, 0.4) is 0 Å². The van der Waals surface area contributed by atoms with Crippen molar-refractivity contribution in [1.29, 1.82) is 10.8 Å². The highest BCUT2D eigenvalue weighted by Gasteiger charge is 2.41. The number of anilines is 1. The lowest BCUT2D eigenvalue weighted by molar-refractivity contribution is -0.135. The van der Waals surface area contributed by atoms with Gasteiger partial charge in [0.05, 0.1) is 59.0 Å². The molecule has 18 nitrogen and oxygen atoms in total. The molecule has 6 N–H and O–H groups in total. The van der Waals surface area contributed by atoms with E-state index in [2.05, 4.69) is 41.0 Å². The zero-order valence-electron chi connectivity index (χ0n) is 35.9. The molecule has 64 heavy (non-hydrogen) atoms. The summed E-state index contributed by atoms with van der Waals surface area (Å²) in [6.07, 6.45) is 9.60. The summed E-state index contributed by atoms with van der Waals surface area (Å²) in [5.41, 5.74) is 0.532. The van der Waals surface area contributed by atoms with E-state index in [1.807, 2.05) is 18.2 Å². The lowest BCUT2D eigenvalue weighted by atomic mass is 9.85. The lowest BCUT2D eigenvalue weighted by Gasteiger charge is -2.44. The molecular formula is C44H56F2N12O6. The van der Waals surface area contributed by atoms with Crippen LogP contribution in [-0.2, 0) is 30.9 Å². The van der Waals surface area contributed by atoms with Crippen LogP contribution in [0.5, 0.6) is 0 Å². The number of morpholine rings is 1. The van der Waals surface area contributed by atoms with E-state index in [1.54, 1.807) is 23.9 Å². The van der Waals surface area contributed by atoms with Crippen molar-refractivity contribution in [1.82, 2.24) is 40.2 Å². The number of amidine groups is 1. The number of aliphatic imine (C=N–C) groups is 1. The molecule has 3 atom stereocenters. The Morgan fingerprint density at radius 3 is 2.53 bits per heavy atom. The van der Waals surface area contributed by atoms with Gasteiger partial charge in [-0.1, -0.05) is 6.07 Å². The quantitative estimate of drug-likeness (QED) is 0.0975. The van der Waals surface area contributed by atoms with Crippen LogP contribution in [0, 0.1) is 16.7 Å². The number of allylic oxidation sites excluding steroid dienone is 1. The van der Waals surface area contributed by atoms with E-state index in [4.69, 9.17) is 20.3 Å². The minimum Gasteiger partial charge on any atom is -0.386 e. The number of imidazole rings is 1. The van der Waals surface area contributed by atoms with Gasteiger partial charge in [-0.15, -0.1) is 0 Å². The van der Waals surface area contributed by atoms with E-state index in [0.717, 1.165) is 82.0 Å². The Balaban J connectivity index is 0.723. The van der Waals surface area contributed by atoms with Crippen LogP contribution in [0.4, 0.5) is 14.5 Å². The standard InChI is InChI=1S/C44H56F2N12O6/c1-54-39-33(3-2-4-34(39)58(44(54)62)35-9-10-37(59)53-43(35)61)56-21-30(22-56)64-28-12-15-55(16-13-28)20-25-5-7-26(8-6-25)50-19-32(38(48)40(45)46)51-42(60)31(18-47)41-49-14-11-36(52-41)57-23-29-17-27(57)24-63-29/h2-4,11,14,18-19,25-30,35,40,47-50H,5-10,12-13,15-17,20-24H2,1H3,(H,51,60)(H,53,59,61)/b32-19-,41-31-,47-18?,48-38?/t25-,26-,27-,29-,35?/m1/s1. The molecule has 9 rings (SSSR count). The number of fused-ring (bicyclic) bond motifs is 3. The number of imide groups is 1. The van der Waals surface area contributed by atoms with Gasteiger partial charge in [-0.05, 0) is 75.5 Å². The normalized spacial score (nSPS) is 27.7. The zero-order valence-corrected chi connectivity index (χ0v) is 35.9. The number of alkyl halides is 2. The van der Waals surface area contributed by atoms with Crippen molar-refractivity contribution in [3.8, 4) is 0 Å². The summed E-state index contributed by atoms with van der Waals surface area (Å²) in [5.74, 6) is -0.351. The molecule has 20 heteroatoms. The number of carbonyl (C=O) groups excluding carboxylic acids is 3. The Hall–Kier alpha value is -5.73. The molecule has 0 radical (unpaired) electrons. The van der Waals surface area contributed by atoms with Gasteiger partial charge in [-0.25, -0.2) is 18.6 Å². The van der Waals surface area contributed by atoms with Crippen molar-refractivity contribution in [2.45, 2.75) is 101 Å². The second-order valence-electron chi connectivity index (χ2n) is 17.9. The largest absolute Gasteiger partial charge is 0.386 e. The first-order chi connectivity index (χ1) is 30.9. The Kier molecular flexibility index (Phi) is 12.5. The van der Waals surface area contributed by atoms with Crippen molar-refractivity contribution in [3.63, 3.8) is 0 Å². The van der Waals surface area contributed by atoms with Crippen LogP contribution in [-0.4, -0.2) is 137 Å². The van der Waals surface area contributed by atoms with Crippen LogP contribution >= 0.6 is 0 Å². The Bertz CT molecular complexity index is 2370. The molecular weight excluding hydrogens is 831 g/mol. The summed E-state index contributed by atoms with van der Waals surface area (Å²) in [4.78, 5) is 62.6. The van der Waals surface area contributed by atoms with Crippen molar-refractivity contribution >= 4 is 52.2 Å². The lowest BCUT2D eigenvalue weighted by Crippen LogP contribution is -2.54. The molecule has 3 amide bonds. The number of likely N-dealkylation sites (tertiary alicyclic amines) is 2. The number of benzene rings is 1. The van der Waals surface area contributed by atoms with Crippen molar-refractivity contribution in [2.24, 2.45) is 18.0 Å². The molecule has 0 spiro atoms. The van der Waals surface area contributed by atoms with E-state index in [0.29, 0.717) is 43.5 Å². The first-order valence-electron chi connectivity index (χ1n) is 22.4. The highest BCUT2D eigenvalue weighted by atomic mass is 19.3. The Labute approximate surface area is 368 Å². The maximum absolute atomic E-state index is 13.8. The predicted octanol–water partition coefficient (Wildman–Crippen LogP) is 2.23. The second kappa shape index (κ2) is 18.4. The van der Waals surface area contributed by atoms with Crippen LogP contribution in [0.15, 0.2) is 63.6 Å². The SMILES string of the molecule is Cn1c(=O)n(C2CCC(=O)NC2=O)c2cccc(N3CC(OC4CCN(C[C@H]5CC[C@H](N/C=C(\NC(=O)/C(C=N)=C6\N=C(N7C[C@H]8C[C@@H]7CO8)C=CN6)C(=N)C(F)F)CC5)CC4)C3)c21. The van der Waals surface area contributed by atoms with Gasteiger partial charge in [-0.2, -0.15) is 0 Å². The summed E-state index contributed by atoms with van der Waals surface area (Å²) in [6.45, 7) is 5.53. The summed E-state index contributed by atoms with van der Waals surface area (Å²) in [7, 11) is 1.71. The Morgan fingerprint density at radius 2 is 1.84 bits per heavy atom. The van der Waals surface area contributed by atoms with Gasteiger partial charge in [-0.3, -0.25) is 34.2 Å². The zero-order chi connectivity index (χ0) is 44.6. The van der Waals surface area contributed by atoms with Gasteiger partial charge >= 0.3 is 5.69 Å².